The maximum atomic E-state index is 6.04. The lowest BCUT2D eigenvalue weighted by Crippen LogP contribution is -2.24. The van der Waals surface area contributed by atoms with Crippen LogP contribution in [0.25, 0.3) is 6.08 Å². The Hall–Kier alpha value is -0.790. The summed E-state index contributed by atoms with van der Waals surface area (Å²) >= 11 is 6.04. The van der Waals surface area contributed by atoms with Crippen LogP contribution in [0.1, 0.15) is 30.4 Å². The van der Waals surface area contributed by atoms with Gasteiger partial charge in [-0.3, -0.25) is 0 Å². The summed E-state index contributed by atoms with van der Waals surface area (Å²) in [5, 5.41) is 4.41. The molecular weight excluding hydrogens is 218 g/mol. The highest BCUT2D eigenvalue weighted by Crippen LogP contribution is 2.30. The molecule has 84 valence electrons. The normalized spacial score (nSPS) is 24.1. The SMILES string of the molecule is Clc1ccc2c(c1)C=C(C1CCCN1)CC2. The highest BCUT2D eigenvalue weighted by Gasteiger charge is 2.21. The zero-order valence-corrected chi connectivity index (χ0v) is 10.1. The smallest absolute Gasteiger partial charge is 0.0412 e. The molecule has 1 aromatic rings. The predicted molar refractivity (Wildman–Crippen MR) is 68.8 cm³/mol. The molecule has 1 heterocycles. The van der Waals surface area contributed by atoms with Crippen molar-refractivity contribution in [3.05, 3.63) is 39.9 Å². The molecule has 0 amide bonds. The number of halogens is 1. The van der Waals surface area contributed by atoms with Gasteiger partial charge in [0.2, 0.25) is 0 Å². The van der Waals surface area contributed by atoms with Gasteiger partial charge in [0.15, 0.2) is 0 Å². The van der Waals surface area contributed by atoms with Gasteiger partial charge in [0, 0.05) is 11.1 Å². The molecule has 1 atom stereocenters. The second-order valence-electron chi connectivity index (χ2n) is 4.71. The summed E-state index contributed by atoms with van der Waals surface area (Å²) in [6.45, 7) is 1.17. The predicted octanol–water partition coefficient (Wildman–Crippen LogP) is 3.42. The number of benzene rings is 1. The first-order valence-electron chi connectivity index (χ1n) is 6.05. The van der Waals surface area contributed by atoms with E-state index in [2.05, 4.69) is 23.5 Å². The first-order valence-corrected chi connectivity index (χ1v) is 6.43. The summed E-state index contributed by atoms with van der Waals surface area (Å²) in [7, 11) is 0. The van der Waals surface area contributed by atoms with Crippen LogP contribution in [0, 0.1) is 0 Å². The standard InChI is InChI=1S/C14H16ClN/c15-13-6-5-10-3-4-11(8-12(10)9-13)14-2-1-7-16-14/h5-6,8-9,14,16H,1-4,7H2. The van der Waals surface area contributed by atoms with Crippen LogP contribution in [0.3, 0.4) is 0 Å². The van der Waals surface area contributed by atoms with Crippen LogP contribution >= 0.6 is 11.6 Å². The fraction of sp³-hybridized carbons (Fsp3) is 0.429. The van der Waals surface area contributed by atoms with E-state index >= 15 is 0 Å². The van der Waals surface area contributed by atoms with Gasteiger partial charge in [-0.2, -0.15) is 0 Å². The Kier molecular flexibility index (Phi) is 2.74. The molecule has 16 heavy (non-hydrogen) atoms. The van der Waals surface area contributed by atoms with Gasteiger partial charge in [0.1, 0.15) is 0 Å². The number of hydrogen-bond donors (Lipinski definition) is 1. The molecule has 0 spiro atoms. The lowest BCUT2D eigenvalue weighted by molar-refractivity contribution is 0.656. The van der Waals surface area contributed by atoms with Crippen LogP contribution in [0.15, 0.2) is 23.8 Å². The molecule has 1 aliphatic heterocycles. The first kappa shape index (κ1) is 10.4. The largest absolute Gasteiger partial charge is 0.310 e. The number of aryl methyl sites for hydroxylation is 1. The molecule has 0 saturated carbocycles. The molecule has 1 N–H and O–H groups in total. The quantitative estimate of drug-likeness (QED) is 0.784. The molecule has 0 aromatic heterocycles. The molecule has 2 aliphatic rings. The van der Waals surface area contributed by atoms with Crippen LogP contribution in [0.2, 0.25) is 5.02 Å². The van der Waals surface area contributed by atoms with Gasteiger partial charge in [-0.15, -0.1) is 0 Å². The van der Waals surface area contributed by atoms with E-state index in [9.17, 15) is 0 Å². The van der Waals surface area contributed by atoms with Crippen LogP contribution in [0.4, 0.5) is 0 Å². The van der Waals surface area contributed by atoms with Crippen LogP contribution < -0.4 is 5.32 Å². The Morgan fingerprint density at radius 2 is 2.19 bits per heavy atom. The Morgan fingerprint density at radius 3 is 3.00 bits per heavy atom. The van der Waals surface area contributed by atoms with Crippen molar-refractivity contribution in [2.75, 3.05) is 6.54 Å². The third-order valence-corrected chi connectivity index (χ3v) is 3.87. The second-order valence-corrected chi connectivity index (χ2v) is 5.15. The average Bonchev–Trinajstić information content (AvgIpc) is 2.81. The minimum atomic E-state index is 0.618. The summed E-state index contributed by atoms with van der Waals surface area (Å²) in [5.41, 5.74) is 4.32. The van der Waals surface area contributed by atoms with Crippen molar-refractivity contribution < 1.29 is 0 Å². The lowest BCUT2D eigenvalue weighted by Gasteiger charge is -2.21. The van der Waals surface area contributed by atoms with Crippen molar-refractivity contribution in [3.8, 4) is 0 Å². The Bertz CT molecular complexity index is 430. The molecule has 2 heteroatoms. The number of nitrogens with one attached hydrogen (secondary N) is 1. The topological polar surface area (TPSA) is 12.0 Å². The maximum absolute atomic E-state index is 6.04. The summed E-state index contributed by atoms with van der Waals surface area (Å²) in [6, 6.07) is 6.86. The van der Waals surface area contributed by atoms with E-state index in [0.29, 0.717) is 6.04 Å². The van der Waals surface area contributed by atoms with Crippen molar-refractivity contribution in [2.24, 2.45) is 0 Å². The van der Waals surface area contributed by atoms with Crippen molar-refractivity contribution in [1.82, 2.24) is 5.32 Å². The minimum absolute atomic E-state index is 0.618. The Morgan fingerprint density at radius 1 is 1.25 bits per heavy atom. The Labute approximate surface area is 102 Å². The summed E-state index contributed by atoms with van der Waals surface area (Å²) in [5.74, 6) is 0. The fourth-order valence-electron chi connectivity index (χ4n) is 2.75. The van der Waals surface area contributed by atoms with E-state index in [0.717, 1.165) is 11.4 Å². The van der Waals surface area contributed by atoms with Gasteiger partial charge in [-0.05, 0) is 55.5 Å². The highest BCUT2D eigenvalue weighted by molar-refractivity contribution is 6.30. The highest BCUT2D eigenvalue weighted by atomic mass is 35.5. The molecule has 1 saturated heterocycles. The maximum Gasteiger partial charge on any atom is 0.0412 e. The van der Waals surface area contributed by atoms with E-state index in [4.69, 9.17) is 11.6 Å². The fourth-order valence-corrected chi connectivity index (χ4v) is 2.94. The molecule has 1 aliphatic carbocycles. The molecule has 1 nitrogen and oxygen atoms in total. The zero-order chi connectivity index (χ0) is 11.0. The number of hydrogen-bond acceptors (Lipinski definition) is 1. The monoisotopic (exact) mass is 233 g/mol. The third kappa shape index (κ3) is 1.90. The number of fused-ring (bicyclic) bond motifs is 1. The van der Waals surface area contributed by atoms with Crippen molar-refractivity contribution >= 4 is 17.7 Å². The molecule has 1 aromatic carbocycles. The van der Waals surface area contributed by atoms with E-state index in [1.54, 1.807) is 5.57 Å². The van der Waals surface area contributed by atoms with Gasteiger partial charge < -0.3 is 5.32 Å². The molecule has 0 radical (unpaired) electrons. The van der Waals surface area contributed by atoms with E-state index in [1.807, 2.05) is 6.07 Å². The van der Waals surface area contributed by atoms with Gasteiger partial charge >= 0.3 is 0 Å². The second kappa shape index (κ2) is 4.23. The first-order chi connectivity index (χ1) is 7.83. The average molecular weight is 234 g/mol. The van der Waals surface area contributed by atoms with Crippen LogP contribution in [0.5, 0.6) is 0 Å². The number of rotatable bonds is 1. The van der Waals surface area contributed by atoms with Gasteiger partial charge in [0.05, 0.1) is 0 Å². The van der Waals surface area contributed by atoms with Gasteiger partial charge in [-0.25, -0.2) is 0 Å². The van der Waals surface area contributed by atoms with Crippen molar-refractivity contribution in [2.45, 2.75) is 31.7 Å². The lowest BCUT2D eigenvalue weighted by atomic mass is 9.88. The van der Waals surface area contributed by atoms with Crippen molar-refractivity contribution in [3.63, 3.8) is 0 Å². The van der Waals surface area contributed by atoms with E-state index in [-0.39, 0.29) is 0 Å². The summed E-state index contributed by atoms with van der Waals surface area (Å²) in [6.07, 6.45) is 7.31. The Balaban J connectivity index is 1.93. The van der Waals surface area contributed by atoms with Gasteiger partial charge in [-0.1, -0.05) is 29.3 Å². The third-order valence-electron chi connectivity index (χ3n) is 3.64. The molecule has 1 fully saturated rings. The van der Waals surface area contributed by atoms with E-state index < -0.39 is 0 Å². The minimum Gasteiger partial charge on any atom is -0.310 e. The van der Waals surface area contributed by atoms with Crippen LogP contribution in [-0.2, 0) is 6.42 Å². The van der Waals surface area contributed by atoms with Crippen molar-refractivity contribution in [1.29, 1.82) is 0 Å². The van der Waals surface area contributed by atoms with Gasteiger partial charge in [0.25, 0.3) is 0 Å². The summed E-state index contributed by atoms with van der Waals surface area (Å²) < 4.78 is 0. The summed E-state index contributed by atoms with van der Waals surface area (Å²) in [4.78, 5) is 0. The van der Waals surface area contributed by atoms with E-state index in [1.165, 1.54) is 36.9 Å². The molecular formula is C14H16ClN. The van der Waals surface area contributed by atoms with Crippen LogP contribution in [-0.4, -0.2) is 12.6 Å². The molecule has 0 bridgehead atoms. The zero-order valence-electron chi connectivity index (χ0n) is 9.30. The molecule has 3 rings (SSSR count). The molecule has 1 unspecified atom stereocenters.